The van der Waals surface area contributed by atoms with Crippen LogP contribution in [0.15, 0.2) is 12.1 Å². The molecular weight excluding hydrogens is 348 g/mol. The molecule has 8 heteroatoms. The number of carbonyl (C=O) groups excluding carboxylic acids is 1. The summed E-state index contributed by atoms with van der Waals surface area (Å²) < 4.78 is 16.4. The summed E-state index contributed by atoms with van der Waals surface area (Å²) in [5.41, 5.74) is 6.27. The average Bonchev–Trinajstić information content (AvgIpc) is 3.15. The third-order valence-corrected chi connectivity index (χ3v) is 5.20. The molecule has 3 N–H and O–H groups in total. The van der Waals surface area contributed by atoms with Crippen molar-refractivity contribution in [2.24, 2.45) is 5.73 Å². The highest BCUT2D eigenvalue weighted by Crippen LogP contribution is 2.39. The molecule has 27 heavy (non-hydrogen) atoms. The van der Waals surface area contributed by atoms with Gasteiger partial charge in [-0.15, -0.1) is 0 Å². The third kappa shape index (κ3) is 5.03. The van der Waals surface area contributed by atoms with Crippen LogP contribution in [0.5, 0.6) is 17.2 Å². The Bertz CT molecular complexity index is 624. The lowest BCUT2D eigenvalue weighted by atomic mass is 10.1. The Balaban J connectivity index is 1.66. The number of rotatable bonds is 8. The molecule has 0 radical (unpaired) electrons. The second-order valence-electron chi connectivity index (χ2n) is 7.05. The monoisotopic (exact) mass is 378 g/mol. The third-order valence-electron chi connectivity index (χ3n) is 5.20. The molecule has 0 spiro atoms. The highest BCUT2D eigenvalue weighted by atomic mass is 16.5. The van der Waals surface area contributed by atoms with Gasteiger partial charge in [0.1, 0.15) is 0 Å². The predicted octanol–water partition coefficient (Wildman–Crippen LogP) is 0.0474. The van der Waals surface area contributed by atoms with E-state index in [1.807, 2.05) is 12.1 Å². The van der Waals surface area contributed by atoms with Gasteiger partial charge in [0.2, 0.25) is 5.75 Å². The summed E-state index contributed by atoms with van der Waals surface area (Å²) in [7, 11) is 3.15. The van der Waals surface area contributed by atoms with Gasteiger partial charge in [0.05, 0.1) is 14.2 Å². The molecule has 0 saturated carbocycles. The van der Waals surface area contributed by atoms with E-state index in [1.165, 1.54) is 6.42 Å². The standard InChI is InChI=1S/C19H30N4O4/c1-25-16-9-14(10-17(26-2)19(16)27-13-18(20)24)11-22-6-3-15(12-22)23-7-4-21-5-8-23/h9-10,15,21H,3-8,11-13H2,1-2H3,(H2,20,24). The Morgan fingerprint density at radius 3 is 2.44 bits per heavy atom. The van der Waals surface area contributed by atoms with Crippen molar-refractivity contribution in [2.75, 3.05) is 60.1 Å². The van der Waals surface area contributed by atoms with Crippen molar-refractivity contribution in [3.8, 4) is 17.2 Å². The van der Waals surface area contributed by atoms with Crippen LogP contribution in [0.3, 0.4) is 0 Å². The first-order chi connectivity index (χ1) is 13.1. The Morgan fingerprint density at radius 2 is 1.85 bits per heavy atom. The lowest BCUT2D eigenvalue weighted by Crippen LogP contribution is -2.49. The first-order valence-electron chi connectivity index (χ1n) is 9.44. The molecule has 1 atom stereocenters. The van der Waals surface area contributed by atoms with E-state index in [-0.39, 0.29) is 6.61 Å². The molecule has 1 aromatic rings. The van der Waals surface area contributed by atoms with Crippen LogP contribution < -0.4 is 25.3 Å². The summed E-state index contributed by atoms with van der Waals surface area (Å²) >= 11 is 0. The summed E-state index contributed by atoms with van der Waals surface area (Å²) in [5, 5.41) is 3.41. The number of methoxy groups -OCH3 is 2. The summed E-state index contributed by atoms with van der Waals surface area (Å²) in [6, 6.07) is 4.52. The molecule has 2 heterocycles. The number of nitrogens with two attached hydrogens (primary N) is 1. The van der Waals surface area contributed by atoms with Crippen LogP contribution in [-0.4, -0.2) is 81.8 Å². The number of piperazine rings is 1. The molecule has 0 aliphatic carbocycles. The maximum absolute atomic E-state index is 11.0. The Labute approximate surface area is 160 Å². The van der Waals surface area contributed by atoms with Gasteiger partial charge in [-0.05, 0) is 24.1 Å². The van der Waals surface area contributed by atoms with E-state index < -0.39 is 5.91 Å². The second kappa shape index (κ2) is 9.25. The largest absolute Gasteiger partial charge is 0.493 e. The van der Waals surface area contributed by atoms with E-state index in [4.69, 9.17) is 19.9 Å². The van der Waals surface area contributed by atoms with Crippen molar-refractivity contribution in [3.63, 3.8) is 0 Å². The fourth-order valence-corrected chi connectivity index (χ4v) is 3.87. The number of likely N-dealkylation sites (tertiary alicyclic amines) is 1. The number of carbonyl (C=O) groups is 1. The van der Waals surface area contributed by atoms with Crippen molar-refractivity contribution in [2.45, 2.75) is 19.0 Å². The van der Waals surface area contributed by atoms with Gasteiger partial charge in [0.15, 0.2) is 18.1 Å². The molecule has 1 aromatic carbocycles. The Morgan fingerprint density at radius 1 is 1.19 bits per heavy atom. The summed E-state index contributed by atoms with van der Waals surface area (Å²) in [5.74, 6) is 0.953. The number of nitrogens with zero attached hydrogens (tertiary/aromatic N) is 2. The average molecular weight is 378 g/mol. The second-order valence-corrected chi connectivity index (χ2v) is 7.05. The number of hydrogen-bond donors (Lipinski definition) is 2. The van der Waals surface area contributed by atoms with Crippen molar-refractivity contribution >= 4 is 5.91 Å². The Hall–Kier alpha value is -2.03. The molecule has 1 amide bonds. The van der Waals surface area contributed by atoms with E-state index in [0.717, 1.165) is 51.4 Å². The maximum atomic E-state index is 11.0. The fourth-order valence-electron chi connectivity index (χ4n) is 3.87. The van der Waals surface area contributed by atoms with Crippen LogP contribution in [0, 0.1) is 0 Å². The van der Waals surface area contributed by atoms with E-state index in [9.17, 15) is 4.79 Å². The highest BCUT2D eigenvalue weighted by molar-refractivity contribution is 5.75. The van der Waals surface area contributed by atoms with Gasteiger partial charge in [-0.2, -0.15) is 0 Å². The van der Waals surface area contributed by atoms with E-state index in [0.29, 0.717) is 23.3 Å². The number of amides is 1. The van der Waals surface area contributed by atoms with Crippen LogP contribution in [0.2, 0.25) is 0 Å². The first-order valence-corrected chi connectivity index (χ1v) is 9.44. The molecular formula is C19H30N4O4. The molecule has 0 aromatic heterocycles. The van der Waals surface area contributed by atoms with Gasteiger partial charge < -0.3 is 25.3 Å². The molecule has 150 valence electrons. The minimum Gasteiger partial charge on any atom is -0.493 e. The van der Waals surface area contributed by atoms with Gasteiger partial charge in [0.25, 0.3) is 5.91 Å². The minimum absolute atomic E-state index is 0.218. The summed E-state index contributed by atoms with van der Waals surface area (Å²) in [4.78, 5) is 16.1. The quantitative estimate of drug-likeness (QED) is 0.661. The molecule has 2 aliphatic rings. The van der Waals surface area contributed by atoms with E-state index >= 15 is 0 Å². The van der Waals surface area contributed by atoms with Crippen molar-refractivity contribution < 1.29 is 19.0 Å². The zero-order valence-corrected chi connectivity index (χ0v) is 16.2. The lowest BCUT2D eigenvalue weighted by molar-refractivity contribution is -0.119. The van der Waals surface area contributed by atoms with E-state index in [2.05, 4.69) is 15.1 Å². The molecule has 8 nitrogen and oxygen atoms in total. The van der Waals surface area contributed by atoms with Crippen LogP contribution in [0.4, 0.5) is 0 Å². The smallest absolute Gasteiger partial charge is 0.255 e. The summed E-state index contributed by atoms with van der Waals surface area (Å²) in [6.45, 7) is 7.19. The number of benzene rings is 1. The summed E-state index contributed by atoms with van der Waals surface area (Å²) in [6.07, 6.45) is 1.20. The molecule has 2 saturated heterocycles. The lowest BCUT2D eigenvalue weighted by Gasteiger charge is -2.32. The molecule has 3 rings (SSSR count). The zero-order valence-electron chi connectivity index (χ0n) is 16.2. The number of primary amides is 1. The predicted molar refractivity (Wildman–Crippen MR) is 102 cm³/mol. The number of ether oxygens (including phenoxy) is 3. The van der Waals surface area contributed by atoms with Crippen molar-refractivity contribution in [1.82, 2.24) is 15.1 Å². The topological polar surface area (TPSA) is 89.3 Å². The molecule has 1 unspecified atom stereocenters. The van der Waals surface area contributed by atoms with Gasteiger partial charge in [-0.25, -0.2) is 0 Å². The molecule has 0 bridgehead atoms. The SMILES string of the molecule is COc1cc(CN2CCC(N3CCNCC3)C2)cc(OC)c1OCC(N)=O. The maximum Gasteiger partial charge on any atom is 0.255 e. The van der Waals surface area contributed by atoms with Crippen LogP contribution >= 0.6 is 0 Å². The Kier molecular flexibility index (Phi) is 6.76. The minimum atomic E-state index is -0.542. The number of nitrogens with one attached hydrogen (secondary N) is 1. The van der Waals surface area contributed by atoms with Crippen LogP contribution in [0.1, 0.15) is 12.0 Å². The van der Waals surface area contributed by atoms with Crippen LogP contribution in [0.25, 0.3) is 0 Å². The number of hydrogen-bond acceptors (Lipinski definition) is 7. The first kappa shape index (κ1) is 19.7. The molecule has 2 aliphatic heterocycles. The highest BCUT2D eigenvalue weighted by Gasteiger charge is 2.28. The fraction of sp³-hybridized carbons (Fsp3) is 0.632. The van der Waals surface area contributed by atoms with Gasteiger partial charge in [-0.3, -0.25) is 14.6 Å². The van der Waals surface area contributed by atoms with E-state index in [1.54, 1.807) is 14.2 Å². The van der Waals surface area contributed by atoms with Crippen molar-refractivity contribution in [1.29, 1.82) is 0 Å². The zero-order chi connectivity index (χ0) is 19.2. The normalized spacial score (nSPS) is 21.2. The molecule has 2 fully saturated rings. The van der Waals surface area contributed by atoms with Crippen molar-refractivity contribution in [3.05, 3.63) is 17.7 Å². The van der Waals surface area contributed by atoms with Gasteiger partial charge >= 0.3 is 0 Å². The van der Waals surface area contributed by atoms with Gasteiger partial charge in [-0.1, -0.05) is 0 Å². The van der Waals surface area contributed by atoms with Crippen LogP contribution in [-0.2, 0) is 11.3 Å². The van der Waals surface area contributed by atoms with Gasteiger partial charge in [0, 0.05) is 51.9 Å².